The summed E-state index contributed by atoms with van der Waals surface area (Å²) in [6, 6.07) is 12.8. The first-order chi connectivity index (χ1) is 14.4. The number of amides is 4. The maximum atomic E-state index is 13.0. The number of hydrogen-bond donors (Lipinski definition) is 2. The van der Waals surface area contributed by atoms with E-state index in [0.717, 1.165) is 4.90 Å². The molecule has 1 aliphatic rings. The molecule has 2 aromatic rings. The number of nitrogens with zero attached hydrogens (tertiary/aromatic N) is 1. The van der Waals surface area contributed by atoms with Crippen LogP contribution in [0.2, 0.25) is 13.1 Å². The number of hydrogen-bond acceptors (Lipinski definition) is 5. The van der Waals surface area contributed by atoms with Gasteiger partial charge in [0, 0.05) is 5.69 Å². The zero-order chi connectivity index (χ0) is 21.7. The maximum Gasteiger partial charge on any atom is 0.418 e. The lowest BCUT2D eigenvalue weighted by atomic mass is 10.1. The van der Waals surface area contributed by atoms with E-state index in [9.17, 15) is 14.4 Å². The van der Waals surface area contributed by atoms with E-state index in [1.807, 2.05) is 24.3 Å². The molecular formula is C21H25N3O5Si. The molecule has 0 aromatic heterocycles. The van der Waals surface area contributed by atoms with E-state index in [1.165, 1.54) is 5.19 Å². The molecule has 1 fully saturated rings. The molecule has 1 saturated heterocycles. The lowest BCUT2D eigenvalue weighted by Gasteiger charge is -2.21. The number of cyclic esters (lactones) is 1. The predicted octanol–water partition coefficient (Wildman–Crippen LogP) is 2.23. The van der Waals surface area contributed by atoms with Gasteiger partial charge in [0.1, 0.15) is 18.4 Å². The summed E-state index contributed by atoms with van der Waals surface area (Å²) in [4.78, 5) is 38.2. The molecule has 0 spiro atoms. The highest BCUT2D eigenvalue weighted by Crippen LogP contribution is 2.20. The molecule has 1 atom stereocenters. The molecule has 0 aliphatic carbocycles. The van der Waals surface area contributed by atoms with Crippen LogP contribution in [0.5, 0.6) is 5.75 Å². The molecule has 3 rings (SSSR count). The summed E-state index contributed by atoms with van der Waals surface area (Å²) in [6.07, 6.45) is -0.727. The monoisotopic (exact) mass is 427 g/mol. The van der Waals surface area contributed by atoms with Crippen LogP contribution in [0.4, 0.5) is 15.3 Å². The van der Waals surface area contributed by atoms with Crippen molar-refractivity contribution >= 4 is 37.7 Å². The summed E-state index contributed by atoms with van der Waals surface area (Å²) in [5, 5.41) is 6.76. The number of nitrogens with one attached hydrogen (secondary N) is 2. The minimum atomic E-state index is -1.00. The molecule has 1 heterocycles. The van der Waals surface area contributed by atoms with Gasteiger partial charge in [-0.15, -0.1) is 0 Å². The van der Waals surface area contributed by atoms with Crippen molar-refractivity contribution in [2.75, 3.05) is 25.6 Å². The van der Waals surface area contributed by atoms with Crippen molar-refractivity contribution in [3.05, 3.63) is 54.1 Å². The number of anilines is 1. The Kier molecular flexibility index (Phi) is 6.73. The Morgan fingerprint density at radius 2 is 1.77 bits per heavy atom. The molecule has 0 saturated carbocycles. The molecular weight excluding hydrogens is 402 g/mol. The van der Waals surface area contributed by atoms with Crippen molar-refractivity contribution in [1.82, 2.24) is 10.2 Å². The summed E-state index contributed by atoms with van der Waals surface area (Å²) < 4.78 is 9.96. The highest BCUT2D eigenvalue weighted by Gasteiger charge is 2.32. The van der Waals surface area contributed by atoms with Gasteiger partial charge >= 0.3 is 12.1 Å². The molecule has 8 nitrogen and oxygen atoms in total. The van der Waals surface area contributed by atoms with Gasteiger partial charge in [0.2, 0.25) is 0 Å². The SMILES string of the molecule is COc1ccc(C(NC(=O)N2CCOC2=O)C(=O)Nc2ccc([SiH](C)C)cc2)cc1. The van der Waals surface area contributed by atoms with Crippen LogP contribution in [0.3, 0.4) is 0 Å². The van der Waals surface area contributed by atoms with Crippen LogP contribution in [0, 0.1) is 0 Å². The molecule has 1 aliphatic heterocycles. The first kappa shape index (κ1) is 21.4. The second-order valence-corrected chi connectivity index (χ2v) is 10.2. The lowest BCUT2D eigenvalue weighted by molar-refractivity contribution is -0.118. The molecule has 0 bridgehead atoms. The van der Waals surface area contributed by atoms with Crippen molar-refractivity contribution in [2.45, 2.75) is 19.1 Å². The standard InChI is InChI=1S/C21H25N3O5Si/c1-28-16-8-4-14(5-9-16)18(23-20(26)24-12-13-29-21(24)27)19(25)22-15-6-10-17(11-7-15)30(2)3/h4-11,18,30H,12-13H2,1-3H3,(H,22,25)(H,23,26). The van der Waals surface area contributed by atoms with E-state index < -0.39 is 32.9 Å². The molecule has 4 amide bonds. The summed E-state index contributed by atoms with van der Waals surface area (Å²) in [7, 11) is 0.614. The van der Waals surface area contributed by atoms with E-state index in [1.54, 1.807) is 31.4 Å². The first-order valence-electron chi connectivity index (χ1n) is 9.68. The highest BCUT2D eigenvalue weighted by molar-refractivity contribution is 6.70. The summed E-state index contributed by atoms with van der Waals surface area (Å²) in [5.74, 6) is 0.205. The van der Waals surface area contributed by atoms with E-state index in [2.05, 4.69) is 23.7 Å². The highest BCUT2D eigenvalue weighted by atomic mass is 28.3. The van der Waals surface area contributed by atoms with Crippen LogP contribution in [0.1, 0.15) is 11.6 Å². The van der Waals surface area contributed by atoms with Crippen LogP contribution >= 0.6 is 0 Å². The topological polar surface area (TPSA) is 97.0 Å². The molecule has 2 aromatic carbocycles. The van der Waals surface area contributed by atoms with E-state index in [4.69, 9.17) is 9.47 Å². The number of benzene rings is 2. The zero-order valence-electron chi connectivity index (χ0n) is 17.2. The van der Waals surface area contributed by atoms with Gasteiger partial charge in [0.15, 0.2) is 0 Å². The van der Waals surface area contributed by atoms with Crippen LogP contribution in [-0.4, -0.2) is 52.0 Å². The van der Waals surface area contributed by atoms with Crippen LogP contribution in [-0.2, 0) is 9.53 Å². The van der Waals surface area contributed by atoms with E-state index >= 15 is 0 Å². The van der Waals surface area contributed by atoms with Crippen LogP contribution in [0.25, 0.3) is 0 Å². The Labute approximate surface area is 176 Å². The van der Waals surface area contributed by atoms with Gasteiger partial charge < -0.3 is 20.1 Å². The molecule has 30 heavy (non-hydrogen) atoms. The first-order valence-corrected chi connectivity index (χ1v) is 12.6. The number of imide groups is 1. The van der Waals surface area contributed by atoms with Crippen LogP contribution < -0.4 is 20.6 Å². The van der Waals surface area contributed by atoms with E-state index in [0.29, 0.717) is 17.0 Å². The smallest absolute Gasteiger partial charge is 0.418 e. The molecule has 0 radical (unpaired) electrons. The second-order valence-electron chi connectivity index (χ2n) is 7.19. The average Bonchev–Trinajstić information content (AvgIpc) is 3.18. The third-order valence-corrected chi connectivity index (χ3v) is 6.55. The van der Waals surface area contributed by atoms with Gasteiger partial charge in [-0.25, -0.2) is 14.5 Å². The van der Waals surface area contributed by atoms with Gasteiger partial charge in [0.25, 0.3) is 5.91 Å². The van der Waals surface area contributed by atoms with Crippen molar-refractivity contribution in [2.24, 2.45) is 0 Å². The van der Waals surface area contributed by atoms with Gasteiger partial charge in [-0.05, 0) is 29.8 Å². The predicted molar refractivity (Wildman–Crippen MR) is 116 cm³/mol. The van der Waals surface area contributed by atoms with Gasteiger partial charge in [-0.2, -0.15) is 0 Å². The zero-order valence-corrected chi connectivity index (χ0v) is 18.3. The Bertz CT molecular complexity index is 915. The molecule has 1 unspecified atom stereocenters. The van der Waals surface area contributed by atoms with Crippen molar-refractivity contribution in [3.8, 4) is 5.75 Å². The van der Waals surface area contributed by atoms with E-state index in [-0.39, 0.29) is 13.2 Å². The lowest BCUT2D eigenvalue weighted by Crippen LogP contribution is -2.45. The maximum absolute atomic E-state index is 13.0. The van der Waals surface area contributed by atoms with Crippen LogP contribution in [0.15, 0.2) is 48.5 Å². The fourth-order valence-corrected chi connectivity index (χ4v) is 4.00. The number of urea groups is 1. The molecule has 158 valence electrons. The number of methoxy groups -OCH3 is 1. The van der Waals surface area contributed by atoms with Crippen molar-refractivity contribution in [1.29, 1.82) is 0 Å². The fraction of sp³-hybridized carbons (Fsp3) is 0.286. The third kappa shape index (κ3) is 4.98. The Hall–Kier alpha value is -3.33. The summed E-state index contributed by atoms with van der Waals surface area (Å²) in [6.45, 7) is 4.73. The number of carbonyl (C=O) groups excluding carboxylic acids is 3. The minimum Gasteiger partial charge on any atom is -0.497 e. The van der Waals surface area contributed by atoms with Crippen molar-refractivity contribution in [3.63, 3.8) is 0 Å². The van der Waals surface area contributed by atoms with Gasteiger partial charge in [-0.3, -0.25) is 4.79 Å². The number of ether oxygens (including phenoxy) is 2. The third-order valence-electron chi connectivity index (χ3n) is 4.83. The molecule has 2 N–H and O–H groups in total. The Balaban J connectivity index is 1.80. The fourth-order valence-electron chi connectivity index (χ4n) is 3.04. The van der Waals surface area contributed by atoms with Gasteiger partial charge in [0.05, 0.1) is 22.5 Å². The molecule has 9 heteroatoms. The van der Waals surface area contributed by atoms with Crippen molar-refractivity contribution < 1.29 is 23.9 Å². The summed E-state index contributed by atoms with van der Waals surface area (Å²) >= 11 is 0. The largest absolute Gasteiger partial charge is 0.497 e. The normalized spacial score (nSPS) is 14.3. The Morgan fingerprint density at radius 1 is 1.10 bits per heavy atom. The number of carbonyl (C=O) groups is 3. The summed E-state index contributed by atoms with van der Waals surface area (Å²) in [5.41, 5.74) is 1.19. The second kappa shape index (κ2) is 9.44. The Morgan fingerprint density at radius 3 is 2.30 bits per heavy atom. The van der Waals surface area contributed by atoms with Gasteiger partial charge in [-0.1, -0.05) is 42.5 Å². The average molecular weight is 428 g/mol. The number of rotatable bonds is 6. The quantitative estimate of drug-likeness (QED) is 0.689. The minimum absolute atomic E-state index is 0.136.